The molecule has 1 saturated heterocycles. The summed E-state index contributed by atoms with van der Waals surface area (Å²) in [7, 11) is 1.55. The minimum absolute atomic E-state index is 0.104. The summed E-state index contributed by atoms with van der Waals surface area (Å²) >= 11 is 0. The number of carbonyl (C=O) groups is 2. The fourth-order valence-corrected chi connectivity index (χ4v) is 3.62. The van der Waals surface area contributed by atoms with E-state index in [9.17, 15) is 14.7 Å². The normalized spacial score (nSPS) is 18.5. The Hall–Kier alpha value is -3.08. The van der Waals surface area contributed by atoms with Gasteiger partial charge in [-0.3, -0.25) is 9.59 Å². The van der Waals surface area contributed by atoms with Crippen molar-refractivity contribution in [1.29, 1.82) is 0 Å². The number of nitrogens with zero attached hydrogens (tertiary/aromatic N) is 1. The Morgan fingerprint density at radius 3 is 2.36 bits per heavy atom. The van der Waals surface area contributed by atoms with Crippen LogP contribution in [0.5, 0.6) is 5.75 Å². The molecule has 1 N–H and O–H groups in total. The number of ether oxygens (including phenoxy) is 1. The summed E-state index contributed by atoms with van der Waals surface area (Å²) in [4.78, 5) is 27.1. The van der Waals surface area contributed by atoms with Gasteiger partial charge in [-0.2, -0.15) is 0 Å². The predicted octanol–water partition coefficient (Wildman–Crippen LogP) is 4.09. The number of Topliss-reactive ketones (excluding diaryl/α,β-unsaturated/α-hetero) is 1. The Kier molecular flexibility index (Phi) is 5.83. The van der Waals surface area contributed by atoms with Crippen LogP contribution in [0.4, 0.5) is 0 Å². The van der Waals surface area contributed by atoms with Crippen LogP contribution >= 0.6 is 0 Å². The van der Waals surface area contributed by atoms with Crippen molar-refractivity contribution >= 4 is 17.4 Å². The summed E-state index contributed by atoms with van der Waals surface area (Å²) in [5.41, 5.74) is 2.44. The zero-order chi connectivity index (χ0) is 20.3. The third-order valence-corrected chi connectivity index (χ3v) is 5.07. The minimum Gasteiger partial charge on any atom is -0.507 e. The van der Waals surface area contributed by atoms with E-state index < -0.39 is 17.7 Å². The van der Waals surface area contributed by atoms with E-state index in [0.717, 1.165) is 12.0 Å². The fraction of sp³-hybridized carbons (Fsp3) is 0.304. The van der Waals surface area contributed by atoms with E-state index in [1.807, 2.05) is 44.2 Å². The Bertz CT molecular complexity index is 914. The highest BCUT2D eigenvalue weighted by Crippen LogP contribution is 2.42. The summed E-state index contributed by atoms with van der Waals surface area (Å²) < 4.78 is 5.47. The molecular weight excluding hydrogens is 354 g/mol. The van der Waals surface area contributed by atoms with Gasteiger partial charge >= 0.3 is 0 Å². The zero-order valence-corrected chi connectivity index (χ0v) is 16.4. The monoisotopic (exact) mass is 379 g/mol. The van der Waals surface area contributed by atoms with Crippen LogP contribution in [-0.2, 0) is 16.0 Å². The first-order valence-corrected chi connectivity index (χ1v) is 9.54. The first-order chi connectivity index (χ1) is 13.5. The highest BCUT2D eigenvalue weighted by Gasteiger charge is 2.46. The van der Waals surface area contributed by atoms with E-state index in [2.05, 4.69) is 0 Å². The van der Waals surface area contributed by atoms with Gasteiger partial charge in [0.25, 0.3) is 11.7 Å². The maximum Gasteiger partial charge on any atom is 0.295 e. The van der Waals surface area contributed by atoms with E-state index in [0.29, 0.717) is 29.8 Å². The van der Waals surface area contributed by atoms with Gasteiger partial charge < -0.3 is 14.7 Å². The molecule has 1 fully saturated rings. The summed E-state index contributed by atoms with van der Waals surface area (Å²) in [6.07, 6.45) is 1.58. The Morgan fingerprint density at radius 1 is 1.07 bits per heavy atom. The number of methoxy groups -OCH3 is 1. The largest absolute Gasteiger partial charge is 0.507 e. The molecule has 3 rings (SSSR count). The third kappa shape index (κ3) is 3.40. The van der Waals surface area contributed by atoms with Crippen LogP contribution in [0.3, 0.4) is 0 Å². The smallest absolute Gasteiger partial charge is 0.295 e. The van der Waals surface area contributed by atoms with Gasteiger partial charge in [0.05, 0.1) is 18.7 Å². The number of hydrogen-bond acceptors (Lipinski definition) is 4. The molecule has 0 aliphatic carbocycles. The van der Waals surface area contributed by atoms with Crippen molar-refractivity contribution in [3.05, 3.63) is 70.8 Å². The first-order valence-electron chi connectivity index (χ1n) is 9.54. The topological polar surface area (TPSA) is 66.8 Å². The standard InChI is InChI=1S/C23H25NO4/c1-4-14-24-20(17-8-6-7-9-18(17)28-3)19(22(26)23(24)27)21(25)16-12-10-15(5-2)11-13-16/h6-13,20,25H,4-5,14H2,1-3H3/b21-19-. The van der Waals surface area contributed by atoms with Crippen molar-refractivity contribution in [3.63, 3.8) is 0 Å². The highest BCUT2D eigenvalue weighted by molar-refractivity contribution is 6.46. The molecule has 0 radical (unpaired) electrons. The van der Waals surface area contributed by atoms with Crippen LogP contribution in [0.25, 0.3) is 5.76 Å². The third-order valence-electron chi connectivity index (χ3n) is 5.07. The molecule has 0 saturated carbocycles. The number of rotatable bonds is 6. The van der Waals surface area contributed by atoms with Gasteiger partial charge in [0.2, 0.25) is 0 Å². The molecule has 146 valence electrons. The van der Waals surface area contributed by atoms with Crippen LogP contribution in [-0.4, -0.2) is 35.4 Å². The molecule has 1 aliphatic heterocycles. The van der Waals surface area contributed by atoms with Gasteiger partial charge in [0.1, 0.15) is 11.5 Å². The van der Waals surface area contributed by atoms with E-state index in [4.69, 9.17) is 4.74 Å². The van der Waals surface area contributed by atoms with E-state index in [1.54, 1.807) is 25.3 Å². The van der Waals surface area contributed by atoms with Crippen molar-refractivity contribution < 1.29 is 19.4 Å². The lowest BCUT2D eigenvalue weighted by atomic mass is 9.94. The van der Waals surface area contributed by atoms with E-state index in [-0.39, 0.29) is 11.3 Å². The molecule has 1 aliphatic rings. The summed E-state index contributed by atoms with van der Waals surface area (Å²) in [6, 6.07) is 14.0. The molecular formula is C23H25NO4. The lowest BCUT2D eigenvalue weighted by Crippen LogP contribution is -2.30. The van der Waals surface area contributed by atoms with Crippen LogP contribution in [0.15, 0.2) is 54.1 Å². The number of likely N-dealkylation sites (tertiary alicyclic amines) is 1. The number of benzene rings is 2. The van der Waals surface area contributed by atoms with Crippen molar-refractivity contribution in [3.8, 4) is 5.75 Å². The number of hydrogen-bond donors (Lipinski definition) is 1. The molecule has 0 spiro atoms. The zero-order valence-electron chi connectivity index (χ0n) is 16.4. The van der Waals surface area contributed by atoms with Crippen LogP contribution in [0, 0.1) is 0 Å². The number of aliphatic hydroxyl groups excluding tert-OH is 1. The van der Waals surface area contributed by atoms with Crippen molar-refractivity contribution in [1.82, 2.24) is 4.90 Å². The number of aliphatic hydroxyl groups is 1. The van der Waals surface area contributed by atoms with Crippen molar-refractivity contribution in [2.24, 2.45) is 0 Å². The quantitative estimate of drug-likeness (QED) is 0.466. The van der Waals surface area contributed by atoms with Crippen molar-refractivity contribution in [2.45, 2.75) is 32.7 Å². The van der Waals surface area contributed by atoms with Gasteiger partial charge in [0, 0.05) is 17.7 Å². The van der Waals surface area contributed by atoms with Gasteiger partial charge in [-0.1, -0.05) is 56.3 Å². The number of para-hydroxylation sites is 1. The SMILES string of the molecule is CCCN1C(=O)C(=O)/C(=C(\O)c2ccc(CC)cc2)C1c1ccccc1OC. The van der Waals surface area contributed by atoms with Crippen molar-refractivity contribution in [2.75, 3.05) is 13.7 Å². The molecule has 0 aromatic heterocycles. The number of carbonyl (C=O) groups excluding carboxylic acids is 2. The summed E-state index contributed by atoms with van der Waals surface area (Å²) in [6.45, 7) is 4.41. The molecule has 1 heterocycles. The molecule has 1 unspecified atom stereocenters. The molecule has 5 nitrogen and oxygen atoms in total. The van der Waals surface area contributed by atoms with Gasteiger partial charge in [0.15, 0.2) is 0 Å². The predicted molar refractivity (Wildman–Crippen MR) is 108 cm³/mol. The van der Waals surface area contributed by atoms with E-state index >= 15 is 0 Å². The Labute approximate surface area is 165 Å². The molecule has 5 heteroatoms. The molecule has 1 atom stereocenters. The molecule has 0 bridgehead atoms. The maximum atomic E-state index is 12.9. The van der Waals surface area contributed by atoms with Crippen LogP contribution in [0.1, 0.15) is 43.0 Å². The fourth-order valence-electron chi connectivity index (χ4n) is 3.62. The molecule has 28 heavy (non-hydrogen) atoms. The second kappa shape index (κ2) is 8.30. The molecule has 1 amide bonds. The average Bonchev–Trinajstić information content (AvgIpc) is 2.98. The Balaban J connectivity index is 2.20. The minimum atomic E-state index is -0.679. The number of ketones is 1. The number of aryl methyl sites for hydroxylation is 1. The lowest BCUT2D eigenvalue weighted by molar-refractivity contribution is -0.139. The summed E-state index contributed by atoms with van der Waals surface area (Å²) in [5.74, 6) is -0.843. The second-order valence-corrected chi connectivity index (χ2v) is 6.78. The lowest BCUT2D eigenvalue weighted by Gasteiger charge is -2.26. The van der Waals surface area contributed by atoms with Gasteiger partial charge in [-0.25, -0.2) is 0 Å². The highest BCUT2D eigenvalue weighted by atomic mass is 16.5. The first kappa shape index (κ1) is 19.7. The van der Waals surface area contributed by atoms with Crippen LogP contribution < -0.4 is 4.74 Å². The Morgan fingerprint density at radius 2 is 1.75 bits per heavy atom. The van der Waals surface area contributed by atoms with Crippen LogP contribution in [0.2, 0.25) is 0 Å². The maximum absolute atomic E-state index is 12.9. The average molecular weight is 379 g/mol. The molecule has 2 aromatic carbocycles. The second-order valence-electron chi connectivity index (χ2n) is 6.78. The molecule has 2 aromatic rings. The van der Waals surface area contributed by atoms with E-state index in [1.165, 1.54) is 4.90 Å². The van der Waals surface area contributed by atoms with Gasteiger partial charge in [-0.15, -0.1) is 0 Å². The number of amides is 1. The summed E-state index contributed by atoms with van der Waals surface area (Å²) in [5, 5.41) is 11.0. The van der Waals surface area contributed by atoms with Gasteiger partial charge in [-0.05, 0) is 24.5 Å².